The van der Waals surface area contributed by atoms with Crippen LogP contribution in [0.4, 0.5) is 5.69 Å². The Hall–Kier alpha value is -1.88. The number of nitrogens with two attached hydrogens (primary N) is 1. The summed E-state index contributed by atoms with van der Waals surface area (Å²) in [6.45, 7) is 6.06. The molecule has 0 aliphatic carbocycles. The van der Waals surface area contributed by atoms with E-state index < -0.39 is 0 Å². The first-order valence-corrected chi connectivity index (χ1v) is 7.26. The molecule has 0 bridgehead atoms. The van der Waals surface area contributed by atoms with Crippen LogP contribution >= 0.6 is 0 Å². The lowest BCUT2D eigenvalue weighted by Gasteiger charge is -2.12. The van der Waals surface area contributed by atoms with E-state index in [1.165, 1.54) is 0 Å². The number of esters is 1. The minimum atomic E-state index is -0.362. The van der Waals surface area contributed by atoms with Gasteiger partial charge in [0.2, 0.25) is 5.91 Å². The first kappa shape index (κ1) is 17.2. The van der Waals surface area contributed by atoms with E-state index in [0.717, 1.165) is 12.8 Å². The SMILES string of the molecule is CC(C)OC(=O)c1ccc(NC(=O)C(C)CCCN)cc1. The fourth-order valence-corrected chi connectivity index (χ4v) is 1.79. The Labute approximate surface area is 125 Å². The van der Waals surface area contributed by atoms with Gasteiger partial charge in [-0.2, -0.15) is 0 Å². The van der Waals surface area contributed by atoms with Gasteiger partial charge < -0.3 is 15.8 Å². The van der Waals surface area contributed by atoms with Crippen molar-refractivity contribution >= 4 is 17.6 Å². The number of benzene rings is 1. The maximum Gasteiger partial charge on any atom is 0.338 e. The summed E-state index contributed by atoms with van der Waals surface area (Å²) in [6.07, 6.45) is 1.44. The minimum absolute atomic E-state index is 0.0408. The van der Waals surface area contributed by atoms with Crippen molar-refractivity contribution in [2.75, 3.05) is 11.9 Å². The molecule has 21 heavy (non-hydrogen) atoms. The van der Waals surface area contributed by atoms with Crippen LogP contribution in [0.1, 0.15) is 44.0 Å². The van der Waals surface area contributed by atoms with Gasteiger partial charge >= 0.3 is 5.97 Å². The minimum Gasteiger partial charge on any atom is -0.459 e. The van der Waals surface area contributed by atoms with Crippen molar-refractivity contribution in [1.82, 2.24) is 0 Å². The number of nitrogens with one attached hydrogen (secondary N) is 1. The highest BCUT2D eigenvalue weighted by Gasteiger charge is 2.13. The molecule has 1 rings (SSSR count). The third-order valence-corrected chi connectivity index (χ3v) is 3.02. The van der Waals surface area contributed by atoms with E-state index in [-0.39, 0.29) is 23.9 Å². The molecule has 0 saturated heterocycles. The summed E-state index contributed by atoms with van der Waals surface area (Å²) in [4.78, 5) is 23.6. The Morgan fingerprint density at radius 3 is 2.33 bits per heavy atom. The molecule has 0 aromatic heterocycles. The van der Waals surface area contributed by atoms with E-state index in [0.29, 0.717) is 17.8 Å². The maximum absolute atomic E-state index is 11.9. The van der Waals surface area contributed by atoms with Gasteiger partial charge in [0.15, 0.2) is 0 Å². The predicted octanol–water partition coefficient (Wildman–Crippen LogP) is 2.57. The molecule has 1 aromatic rings. The van der Waals surface area contributed by atoms with Crippen LogP contribution in [0.15, 0.2) is 24.3 Å². The average molecular weight is 292 g/mol. The van der Waals surface area contributed by atoms with Crippen LogP contribution in [0.5, 0.6) is 0 Å². The van der Waals surface area contributed by atoms with Crippen LogP contribution in [-0.4, -0.2) is 24.5 Å². The van der Waals surface area contributed by atoms with Gasteiger partial charge in [-0.3, -0.25) is 4.79 Å². The Kier molecular flexibility index (Phi) is 6.88. The fraction of sp³-hybridized carbons (Fsp3) is 0.500. The van der Waals surface area contributed by atoms with Gasteiger partial charge in [-0.15, -0.1) is 0 Å². The number of carbonyl (C=O) groups excluding carboxylic acids is 2. The number of hydrogen-bond acceptors (Lipinski definition) is 4. The van der Waals surface area contributed by atoms with Crippen molar-refractivity contribution in [2.24, 2.45) is 11.7 Å². The zero-order valence-corrected chi connectivity index (χ0v) is 12.9. The van der Waals surface area contributed by atoms with Crippen LogP contribution in [0.2, 0.25) is 0 Å². The Bertz CT molecular complexity index is 469. The second kappa shape index (κ2) is 8.42. The molecule has 0 fully saturated rings. The highest BCUT2D eigenvalue weighted by Crippen LogP contribution is 2.14. The molecule has 3 N–H and O–H groups in total. The predicted molar refractivity (Wildman–Crippen MR) is 83.1 cm³/mol. The number of anilines is 1. The normalized spacial score (nSPS) is 12.0. The molecular weight excluding hydrogens is 268 g/mol. The van der Waals surface area contributed by atoms with Crippen LogP contribution < -0.4 is 11.1 Å². The van der Waals surface area contributed by atoms with Crippen molar-refractivity contribution in [1.29, 1.82) is 0 Å². The molecule has 5 heteroatoms. The molecule has 1 amide bonds. The summed E-state index contributed by atoms with van der Waals surface area (Å²) in [6, 6.07) is 6.69. The lowest BCUT2D eigenvalue weighted by atomic mass is 10.0. The molecule has 0 aliphatic rings. The second-order valence-corrected chi connectivity index (χ2v) is 5.35. The molecule has 1 aromatic carbocycles. The molecule has 0 spiro atoms. The number of ether oxygens (including phenoxy) is 1. The maximum atomic E-state index is 11.9. The van der Waals surface area contributed by atoms with E-state index in [1.54, 1.807) is 38.1 Å². The molecule has 0 aliphatic heterocycles. The molecule has 0 heterocycles. The summed E-state index contributed by atoms with van der Waals surface area (Å²) >= 11 is 0. The Balaban J connectivity index is 2.58. The van der Waals surface area contributed by atoms with Crippen molar-refractivity contribution in [3.05, 3.63) is 29.8 Å². The third-order valence-electron chi connectivity index (χ3n) is 3.02. The largest absolute Gasteiger partial charge is 0.459 e. The van der Waals surface area contributed by atoms with Gasteiger partial charge in [0.1, 0.15) is 0 Å². The van der Waals surface area contributed by atoms with Gasteiger partial charge in [-0.05, 0) is 57.5 Å². The van der Waals surface area contributed by atoms with E-state index in [9.17, 15) is 9.59 Å². The molecular formula is C16H24N2O3. The van der Waals surface area contributed by atoms with Crippen LogP contribution in [0, 0.1) is 5.92 Å². The van der Waals surface area contributed by atoms with Gasteiger partial charge in [0.25, 0.3) is 0 Å². The van der Waals surface area contributed by atoms with E-state index >= 15 is 0 Å². The second-order valence-electron chi connectivity index (χ2n) is 5.35. The van der Waals surface area contributed by atoms with Crippen molar-refractivity contribution in [3.8, 4) is 0 Å². The van der Waals surface area contributed by atoms with Gasteiger partial charge in [0.05, 0.1) is 11.7 Å². The first-order valence-electron chi connectivity index (χ1n) is 7.26. The zero-order valence-electron chi connectivity index (χ0n) is 12.9. The fourth-order valence-electron chi connectivity index (χ4n) is 1.79. The molecule has 5 nitrogen and oxygen atoms in total. The highest BCUT2D eigenvalue weighted by molar-refractivity contribution is 5.94. The Morgan fingerprint density at radius 1 is 1.19 bits per heavy atom. The van der Waals surface area contributed by atoms with Crippen LogP contribution in [-0.2, 0) is 9.53 Å². The van der Waals surface area contributed by atoms with Gasteiger partial charge in [0, 0.05) is 11.6 Å². The summed E-state index contributed by atoms with van der Waals surface area (Å²) < 4.78 is 5.10. The summed E-state index contributed by atoms with van der Waals surface area (Å²) in [5, 5.41) is 2.83. The third kappa shape index (κ3) is 5.95. The number of hydrogen-bond donors (Lipinski definition) is 2. The topological polar surface area (TPSA) is 81.4 Å². The standard InChI is InChI=1S/C16H24N2O3/c1-11(2)21-16(20)13-6-8-14(9-7-13)18-15(19)12(3)5-4-10-17/h6-9,11-12H,4-5,10,17H2,1-3H3,(H,18,19). The van der Waals surface area contributed by atoms with Crippen molar-refractivity contribution < 1.29 is 14.3 Å². The number of carbonyl (C=O) groups is 2. The lowest BCUT2D eigenvalue weighted by molar-refractivity contribution is -0.119. The van der Waals surface area contributed by atoms with Crippen molar-refractivity contribution in [3.63, 3.8) is 0 Å². The van der Waals surface area contributed by atoms with Gasteiger partial charge in [-0.1, -0.05) is 6.92 Å². The Morgan fingerprint density at radius 2 is 1.81 bits per heavy atom. The zero-order chi connectivity index (χ0) is 15.8. The molecule has 1 atom stereocenters. The first-order chi connectivity index (χ1) is 9.93. The quantitative estimate of drug-likeness (QED) is 0.757. The summed E-state index contributed by atoms with van der Waals surface area (Å²) in [5.74, 6) is -0.487. The number of amides is 1. The van der Waals surface area contributed by atoms with Crippen LogP contribution in [0.25, 0.3) is 0 Å². The van der Waals surface area contributed by atoms with E-state index in [2.05, 4.69) is 5.32 Å². The molecule has 116 valence electrons. The highest BCUT2D eigenvalue weighted by atomic mass is 16.5. The summed E-state index contributed by atoms with van der Waals surface area (Å²) in [7, 11) is 0. The summed E-state index contributed by atoms with van der Waals surface area (Å²) in [5.41, 5.74) is 6.57. The molecule has 0 saturated carbocycles. The van der Waals surface area contributed by atoms with E-state index in [4.69, 9.17) is 10.5 Å². The van der Waals surface area contributed by atoms with Crippen LogP contribution in [0.3, 0.4) is 0 Å². The lowest BCUT2D eigenvalue weighted by Crippen LogP contribution is -2.21. The molecule has 1 unspecified atom stereocenters. The number of rotatable bonds is 7. The van der Waals surface area contributed by atoms with E-state index in [1.807, 2.05) is 6.92 Å². The van der Waals surface area contributed by atoms with Gasteiger partial charge in [-0.25, -0.2) is 4.79 Å². The molecule has 0 radical (unpaired) electrons. The average Bonchev–Trinajstić information content (AvgIpc) is 2.44. The van der Waals surface area contributed by atoms with Crippen molar-refractivity contribution in [2.45, 2.75) is 39.7 Å². The smallest absolute Gasteiger partial charge is 0.338 e. The monoisotopic (exact) mass is 292 g/mol.